The van der Waals surface area contributed by atoms with Gasteiger partial charge in [0.15, 0.2) is 5.78 Å². The lowest BCUT2D eigenvalue weighted by Crippen LogP contribution is -2.86. The van der Waals surface area contributed by atoms with Crippen molar-refractivity contribution in [2.24, 2.45) is 5.41 Å². The third-order valence-corrected chi connectivity index (χ3v) is 4.53. The Labute approximate surface area is 155 Å². The van der Waals surface area contributed by atoms with Crippen molar-refractivity contribution in [3.8, 4) is 0 Å². The lowest BCUT2D eigenvalue weighted by Gasteiger charge is -2.51. The number of hydrogen-bond donors (Lipinski definition) is 0. The molecular formula is C13H7F15O2. The summed E-state index contributed by atoms with van der Waals surface area (Å²) in [5.41, 5.74) is -11.5. The van der Waals surface area contributed by atoms with Crippen LogP contribution in [0.5, 0.6) is 0 Å². The molecule has 1 aliphatic rings. The van der Waals surface area contributed by atoms with Crippen molar-refractivity contribution in [3.63, 3.8) is 0 Å². The molecule has 0 aromatic carbocycles. The summed E-state index contributed by atoms with van der Waals surface area (Å²) < 4.78 is 200. The maximum Gasteiger partial charge on any atom is 0.384 e. The molecule has 0 aliphatic heterocycles. The van der Waals surface area contributed by atoms with Crippen LogP contribution in [-0.2, 0) is 9.59 Å². The third-order valence-electron chi connectivity index (χ3n) is 4.53. The lowest BCUT2D eigenvalue weighted by atomic mass is 9.68. The van der Waals surface area contributed by atoms with E-state index in [0.29, 0.717) is 0 Å². The average Bonchev–Trinajstić information content (AvgIpc) is 2.65. The van der Waals surface area contributed by atoms with Gasteiger partial charge in [-0.15, -0.1) is 0 Å². The minimum absolute atomic E-state index is 2.61. The number of ketones is 2. The van der Waals surface area contributed by atoms with E-state index in [1.54, 1.807) is 0 Å². The fraction of sp³-hybridized carbons (Fsp3) is 0.846. The van der Waals surface area contributed by atoms with Gasteiger partial charge in [-0.3, -0.25) is 9.59 Å². The van der Waals surface area contributed by atoms with Gasteiger partial charge in [-0.1, -0.05) is 0 Å². The van der Waals surface area contributed by atoms with Crippen molar-refractivity contribution in [2.75, 3.05) is 20.0 Å². The van der Waals surface area contributed by atoms with E-state index in [-0.39, 0.29) is 0 Å². The fourth-order valence-corrected chi connectivity index (χ4v) is 2.40. The van der Waals surface area contributed by atoms with E-state index in [1.165, 1.54) is 0 Å². The second-order valence-corrected chi connectivity index (χ2v) is 6.30. The van der Waals surface area contributed by atoms with Crippen LogP contribution in [0.4, 0.5) is 65.9 Å². The van der Waals surface area contributed by atoms with E-state index < -0.39 is 78.5 Å². The first kappa shape index (κ1) is 26.3. The molecule has 0 saturated heterocycles. The number of hydrogen-bond acceptors (Lipinski definition) is 2. The van der Waals surface area contributed by atoms with Gasteiger partial charge in [0.1, 0.15) is 25.4 Å². The first-order valence-corrected chi connectivity index (χ1v) is 7.15. The summed E-state index contributed by atoms with van der Waals surface area (Å²) in [6.45, 7) is -7.82. The van der Waals surface area contributed by atoms with Gasteiger partial charge in [0.05, 0.1) is 0 Å². The molecule has 2 nitrogen and oxygen atoms in total. The van der Waals surface area contributed by atoms with Crippen LogP contribution in [0, 0.1) is 5.41 Å². The van der Waals surface area contributed by atoms with E-state index in [4.69, 9.17) is 0 Å². The average molecular weight is 480 g/mol. The molecular weight excluding hydrogens is 473 g/mol. The van der Waals surface area contributed by atoms with Crippen molar-refractivity contribution in [1.29, 1.82) is 0 Å². The molecule has 0 amide bonds. The number of carbonyl (C=O) groups excluding carboxylic acids is 2. The molecule has 0 radical (unpaired) electrons. The number of alkyl halides is 15. The first-order chi connectivity index (χ1) is 13.2. The molecule has 1 saturated carbocycles. The number of rotatable bonds is 7. The summed E-state index contributed by atoms with van der Waals surface area (Å²) in [7, 11) is 0. The van der Waals surface area contributed by atoms with Gasteiger partial charge < -0.3 is 0 Å². The van der Waals surface area contributed by atoms with Gasteiger partial charge in [0.2, 0.25) is 12.0 Å². The maximum absolute atomic E-state index is 14.4. The van der Waals surface area contributed by atoms with Crippen LogP contribution in [0.1, 0.15) is 0 Å². The lowest BCUT2D eigenvalue weighted by molar-refractivity contribution is -0.476. The molecule has 30 heavy (non-hydrogen) atoms. The highest BCUT2D eigenvalue weighted by Crippen LogP contribution is 2.69. The van der Waals surface area contributed by atoms with E-state index in [2.05, 4.69) is 0 Å². The van der Waals surface area contributed by atoms with Gasteiger partial charge in [0, 0.05) is 0 Å². The molecule has 1 aliphatic carbocycles. The van der Waals surface area contributed by atoms with Gasteiger partial charge in [-0.25, -0.2) is 22.0 Å². The molecule has 0 spiro atoms. The minimum Gasteiger partial charge on any atom is -0.295 e. The van der Waals surface area contributed by atoms with Crippen LogP contribution in [0.15, 0.2) is 0 Å². The Morgan fingerprint density at radius 2 is 0.867 bits per heavy atom. The second kappa shape index (κ2) is 6.90. The summed E-state index contributed by atoms with van der Waals surface area (Å²) in [6.07, 6.45) is -5.05. The second-order valence-electron chi connectivity index (χ2n) is 6.30. The third kappa shape index (κ3) is 2.54. The Morgan fingerprint density at radius 3 is 1.13 bits per heavy atom. The molecule has 1 fully saturated rings. The summed E-state index contributed by atoms with van der Waals surface area (Å²) in [6, 6.07) is 0. The Morgan fingerprint density at radius 1 is 0.600 bits per heavy atom. The zero-order chi connectivity index (χ0) is 24.4. The highest BCUT2D eigenvalue weighted by molar-refractivity contribution is 6.12. The topological polar surface area (TPSA) is 34.1 Å². The van der Waals surface area contributed by atoms with E-state index in [1.807, 2.05) is 0 Å². The SMILES string of the molecule is O=C(C(F)C(=O)C1(F)C(F)(F)C(F)(F)C(F)(F)C(F)(F)C1(F)F)C(CF)(CF)CF. The van der Waals surface area contributed by atoms with Gasteiger partial charge in [-0.2, -0.15) is 43.9 Å². The molecule has 0 aromatic heterocycles. The summed E-state index contributed by atoms with van der Waals surface area (Å²) in [4.78, 5) is 22.9. The van der Waals surface area contributed by atoms with Gasteiger partial charge in [0.25, 0.3) is 0 Å². The van der Waals surface area contributed by atoms with Crippen molar-refractivity contribution >= 4 is 11.6 Å². The first-order valence-electron chi connectivity index (χ1n) is 7.15. The zero-order valence-electron chi connectivity index (χ0n) is 13.7. The van der Waals surface area contributed by atoms with Gasteiger partial charge >= 0.3 is 35.3 Å². The van der Waals surface area contributed by atoms with E-state index >= 15 is 0 Å². The number of carbonyl (C=O) groups is 2. The minimum atomic E-state index is -7.79. The quantitative estimate of drug-likeness (QED) is 0.404. The highest BCUT2D eigenvalue weighted by atomic mass is 19.4. The molecule has 1 rings (SSSR count). The monoisotopic (exact) mass is 480 g/mol. The highest BCUT2D eigenvalue weighted by Gasteiger charge is 3.03. The molecule has 0 N–H and O–H groups in total. The molecule has 1 atom stereocenters. The molecule has 0 aromatic rings. The van der Waals surface area contributed by atoms with Crippen LogP contribution in [0.3, 0.4) is 0 Å². The Bertz CT molecular complexity index is 673. The summed E-state index contributed by atoms with van der Waals surface area (Å²) in [5, 5.41) is 0. The van der Waals surface area contributed by atoms with Crippen molar-refractivity contribution < 1.29 is 75.4 Å². The van der Waals surface area contributed by atoms with Crippen molar-refractivity contribution in [2.45, 2.75) is 41.5 Å². The van der Waals surface area contributed by atoms with Crippen LogP contribution < -0.4 is 0 Å². The fourth-order valence-electron chi connectivity index (χ4n) is 2.40. The molecule has 1 unspecified atom stereocenters. The Hall–Kier alpha value is -1.71. The number of Topliss-reactive ketones (excluding diaryl/α,β-unsaturated/α-hetero) is 2. The smallest absolute Gasteiger partial charge is 0.295 e. The number of halogens is 15. The van der Waals surface area contributed by atoms with Crippen LogP contribution in [0.2, 0.25) is 0 Å². The predicted octanol–water partition coefficient (Wildman–Crippen LogP) is 4.26. The molecule has 17 heteroatoms. The predicted molar refractivity (Wildman–Crippen MR) is 63.8 cm³/mol. The largest absolute Gasteiger partial charge is 0.384 e. The Balaban J connectivity index is 3.79. The normalized spacial score (nSPS) is 26.6. The van der Waals surface area contributed by atoms with Crippen molar-refractivity contribution in [3.05, 3.63) is 0 Å². The summed E-state index contributed by atoms with van der Waals surface area (Å²) in [5.74, 6) is -46.5. The standard InChI is InChI=1S/C13H7F15O2/c14-1-7(2-15,3-16)5(29)4(17)6(30)8(18)9(19,20)11(23,24)13(27,28)12(25,26)10(8,21)22/h4H,1-3H2. The van der Waals surface area contributed by atoms with Crippen molar-refractivity contribution in [1.82, 2.24) is 0 Å². The van der Waals surface area contributed by atoms with Gasteiger partial charge in [-0.05, 0) is 0 Å². The molecule has 0 heterocycles. The van der Waals surface area contributed by atoms with Crippen LogP contribution >= 0.6 is 0 Å². The molecule has 176 valence electrons. The Kier molecular flexibility index (Phi) is 6.05. The maximum atomic E-state index is 14.4. The van der Waals surface area contributed by atoms with E-state index in [9.17, 15) is 75.4 Å². The summed E-state index contributed by atoms with van der Waals surface area (Å²) >= 11 is 0. The molecule has 0 bridgehead atoms. The van der Waals surface area contributed by atoms with E-state index in [0.717, 1.165) is 0 Å². The van der Waals surface area contributed by atoms with Crippen LogP contribution in [0.25, 0.3) is 0 Å². The van der Waals surface area contributed by atoms with Crippen LogP contribution in [-0.4, -0.2) is 73.0 Å². The zero-order valence-corrected chi connectivity index (χ0v) is 13.7.